The minimum atomic E-state index is -0.811. The van der Waals surface area contributed by atoms with Crippen molar-refractivity contribution in [3.05, 3.63) is 98.4 Å². The van der Waals surface area contributed by atoms with Crippen molar-refractivity contribution in [3.63, 3.8) is 0 Å². The Morgan fingerprint density at radius 1 is 0.950 bits per heavy atom. The van der Waals surface area contributed by atoms with Crippen molar-refractivity contribution < 1.29 is 14.4 Å². The molecule has 2 fully saturated rings. The van der Waals surface area contributed by atoms with Crippen molar-refractivity contribution in [2.75, 3.05) is 37.7 Å². The van der Waals surface area contributed by atoms with E-state index in [0.717, 1.165) is 15.7 Å². The minimum Gasteiger partial charge on any atom is -0.354 e. The first-order valence-corrected chi connectivity index (χ1v) is 14.7. The molecule has 10 heteroatoms. The number of carbonyl (C=O) groups excluding carboxylic acids is 3. The van der Waals surface area contributed by atoms with Crippen LogP contribution in [0.3, 0.4) is 0 Å². The zero-order chi connectivity index (χ0) is 28.3. The molecule has 2 heterocycles. The van der Waals surface area contributed by atoms with E-state index in [1.165, 1.54) is 0 Å². The molecule has 5 rings (SSSR count). The molecule has 0 unspecified atom stereocenters. The molecular weight excluding hydrogens is 615 g/mol. The highest BCUT2D eigenvalue weighted by Gasteiger charge is 2.54. The highest BCUT2D eigenvalue weighted by atomic mass is 79.9. The number of likely N-dealkylation sites (tertiary alicyclic amines) is 1. The smallest absolute Gasteiger partial charge is 0.253 e. The molecule has 3 aromatic carbocycles. The molecule has 3 amide bonds. The lowest BCUT2D eigenvalue weighted by Gasteiger charge is -2.43. The predicted octanol–water partition coefficient (Wildman–Crippen LogP) is 5.40. The second-order valence-electron chi connectivity index (χ2n) is 10.1. The van der Waals surface area contributed by atoms with Gasteiger partial charge in [-0.15, -0.1) is 0 Å². The maximum atomic E-state index is 13.9. The van der Waals surface area contributed by atoms with Crippen molar-refractivity contribution >= 4 is 62.5 Å². The summed E-state index contributed by atoms with van der Waals surface area (Å²) in [6.07, 6.45) is 1.52. The molecule has 0 bridgehead atoms. The summed E-state index contributed by atoms with van der Waals surface area (Å²) >= 11 is 15.6. The van der Waals surface area contributed by atoms with Crippen LogP contribution in [0.2, 0.25) is 10.0 Å². The standard InChI is InChI=1S/C30H29BrCl2N4O3/c31-23-9-6-22(7-10-23)28(39)35-16-13-30(14-17-35)29(40)36(20-37(30)25-4-2-1-3-5-25)19-27(38)34-15-12-21-8-11-24(32)18-26(21)33/h1-11,18H,12-17,19-20H2,(H,34,38). The topological polar surface area (TPSA) is 73.0 Å². The van der Waals surface area contributed by atoms with Gasteiger partial charge in [-0.1, -0.05) is 63.4 Å². The van der Waals surface area contributed by atoms with Gasteiger partial charge < -0.3 is 20.0 Å². The molecule has 7 nitrogen and oxygen atoms in total. The van der Waals surface area contributed by atoms with Gasteiger partial charge in [0.25, 0.3) is 11.8 Å². The molecule has 0 aliphatic carbocycles. The van der Waals surface area contributed by atoms with Gasteiger partial charge in [0.05, 0.1) is 6.67 Å². The molecule has 0 saturated carbocycles. The highest BCUT2D eigenvalue weighted by Crippen LogP contribution is 2.39. The van der Waals surface area contributed by atoms with Gasteiger partial charge in [-0.2, -0.15) is 0 Å². The summed E-state index contributed by atoms with van der Waals surface area (Å²) in [7, 11) is 0. The third kappa shape index (κ3) is 5.99. The summed E-state index contributed by atoms with van der Waals surface area (Å²) < 4.78 is 0.912. The summed E-state index contributed by atoms with van der Waals surface area (Å²) in [6.45, 7) is 1.56. The number of hydrogen-bond acceptors (Lipinski definition) is 4. The van der Waals surface area contributed by atoms with Gasteiger partial charge in [-0.25, -0.2) is 0 Å². The van der Waals surface area contributed by atoms with Crippen LogP contribution < -0.4 is 10.2 Å². The van der Waals surface area contributed by atoms with Gasteiger partial charge >= 0.3 is 0 Å². The lowest BCUT2D eigenvalue weighted by atomic mass is 9.85. The number of piperidine rings is 1. The SMILES string of the molecule is O=C(CN1CN(c2ccccc2)C2(CCN(C(=O)c3ccc(Br)cc3)CC2)C1=O)NCCc1ccc(Cl)cc1Cl. The predicted molar refractivity (Wildman–Crippen MR) is 161 cm³/mol. The van der Waals surface area contributed by atoms with E-state index in [-0.39, 0.29) is 24.3 Å². The van der Waals surface area contributed by atoms with Crippen LogP contribution in [0.25, 0.3) is 0 Å². The molecule has 0 atom stereocenters. The molecule has 208 valence electrons. The fraction of sp³-hybridized carbons (Fsp3) is 0.300. The van der Waals surface area contributed by atoms with E-state index in [4.69, 9.17) is 23.2 Å². The summed E-state index contributed by atoms with van der Waals surface area (Å²) in [4.78, 5) is 45.4. The third-order valence-electron chi connectivity index (χ3n) is 7.62. The van der Waals surface area contributed by atoms with Crippen LogP contribution in [0.4, 0.5) is 5.69 Å². The van der Waals surface area contributed by atoms with E-state index in [1.54, 1.807) is 29.2 Å². The second kappa shape index (κ2) is 12.2. The number of nitrogens with zero attached hydrogens (tertiary/aromatic N) is 3. The van der Waals surface area contributed by atoms with Gasteiger partial charge in [0.15, 0.2) is 0 Å². The van der Waals surface area contributed by atoms with Crippen molar-refractivity contribution in [2.45, 2.75) is 24.8 Å². The quantitative estimate of drug-likeness (QED) is 0.375. The largest absolute Gasteiger partial charge is 0.354 e. The monoisotopic (exact) mass is 642 g/mol. The van der Waals surface area contributed by atoms with Crippen LogP contribution >= 0.6 is 39.1 Å². The molecule has 0 radical (unpaired) electrons. The first kappa shape index (κ1) is 28.5. The number of hydrogen-bond donors (Lipinski definition) is 1. The number of rotatable bonds is 7. The number of amides is 3. The minimum absolute atomic E-state index is 0.0419. The van der Waals surface area contributed by atoms with Gasteiger partial charge in [-0.05, 0) is 73.4 Å². The summed E-state index contributed by atoms with van der Waals surface area (Å²) in [5.41, 5.74) is 1.62. The molecule has 1 spiro atoms. The Bertz CT molecular complexity index is 1400. The van der Waals surface area contributed by atoms with Crippen molar-refractivity contribution in [3.8, 4) is 0 Å². The molecule has 3 aromatic rings. The number of halogens is 3. The highest BCUT2D eigenvalue weighted by molar-refractivity contribution is 9.10. The van der Waals surface area contributed by atoms with Gasteiger partial charge in [-0.3, -0.25) is 14.4 Å². The van der Waals surface area contributed by atoms with Crippen LogP contribution in [0, 0.1) is 0 Å². The van der Waals surface area contributed by atoms with Crippen LogP contribution in [0.1, 0.15) is 28.8 Å². The van der Waals surface area contributed by atoms with Crippen LogP contribution in [0.15, 0.2) is 77.3 Å². The lowest BCUT2D eigenvalue weighted by molar-refractivity contribution is -0.137. The van der Waals surface area contributed by atoms with Crippen molar-refractivity contribution in [1.82, 2.24) is 15.1 Å². The number of nitrogens with one attached hydrogen (secondary N) is 1. The van der Waals surface area contributed by atoms with Crippen LogP contribution in [-0.4, -0.2) is 65.9 Å². The van der Waals surface area contributed by atoms with Crippen LogP contribution in [-0.2, 0) is 16.0 Å². The zero-order valence-corrected chi connectivity index (χ0v) is 24.9. The Morgan fingerprint density at radius 2 is 1.65 bits per heavy atom. The van der Waals surface area contributed by atoms with Crippen molar-refractivity contribution in [1.29, 1.82) is 0 Å². The summed E-state index contributed by atoms with van der Waals surface area (Å²) in [6, 6.07) is 22.4. The first-order chi connectivity index (χ1) is 19.3. The van der Waals surface area contributed by atoms with Crippen molar-refractivity contribution in [2.24, 2.45) is 0 Å². The van der Waals surface area contributed by atoms with E-state index >= 15 is 0 Å². The van der Waals surface area contributed by atoms with E-state index in [1.807, 2.05) is 53.4 Å². The second-order valence-corrected chi connectivity index (χ2v) is 11.8. The Balaban J connectivity index is 1.26. The summed E-state index contributed by atoms with van der Waals surface area (Å²) in [5, 5.41) is 4.03. The van der Waals surface area contributed by atoms with Gasteiger partial charge in [0.1, 0.15) is 12.1 Å². The maximum Gasteiger partial charge on any atom is 0.253 e. The Labute approximate surface area is 252 Å². The van der Waals surface area contributed by atoms with Gasteiger partial charge in [0.2, 0.25) is 5.91 Å². The zero-order valence-electron chi connectivity index (χ0n) is 21.8. The normalized spacial score (nSPS) is 16.5. The Hall–Kier alpha value is -3.07. The van der Waals surface area contributed by atoms with E-state index in [2.05, 4.69) is 26.1 Å². The van der Waals surface area contributed by atoms with E-state index in [0.29, 0.717) is 61.2 Å². The van der Waals surface area contributed by atoms with E-state index in [9.17, 15) is 14.4 Å². The third-order valence-corrected chi connectivity index (χ3v) is 8.73. The molecule has 1 N–H and O–H groups in total. The first-order valence-electron chi connectivity index (χ1n) is 13.1. The number of anilines is 1. The average molecular weight is 644 g/mol. The number of para-hydroxylation sites is 1. The fourth-order valence-corrected chi connectivity index (χ4v) is 6.23. The molecular formula is C30H29BrCl2N4O3. The number of carbonyl (C=O) groups is 3. The number of benzene rings is 3. The van der Waals surface area contributed by atoms with E-state index < -0.39 is 5.54 Å². The molecule has 0 aromatic heterocycles. The Kier molecular flexibility index (Phi) is 8.68. The van der Waals surface area contributed by atoms with Crippen LogP contribution in [0.5, 0.6) is 0 Å². The molecule has 2 aliphatic rings. The Morgan fingerprint density at radius 3 is 2.33 bits per heavy atom. The lowest BCUT2D eigenvalue weighted by Crippen LogP contribution is -2.57. The fourth-order valence-electron chi connectivity index (χ4n) is 5.47. The average Bonchev–Trinajstić information content (AvgIpc) is 3.21. The molecule has 40 heavy (non-hydrogen) atoms. The maximum absolute atomic E-state index is 13.9. The summed E-state index contributed by atoms with van der Waals surface area (Å²) in [5.74, 6) is -0.356. The molecule has 2 aliphatic heterocycles. The molecule has 2 saturated heterocycles. The van der Waals surface area contributed by atoms with Gasteiger partial charge in [0, 0.05) is 45.4 Å².